The van der Waals surface area contributed by atoms with Crippen LogP contribution in [0, 0.1) is 20.4 Å². The molecule has 0 radical (unpaired) electrons. The molecular formula is C14H16N4O2. The van der Waals surface area contributed by atoms with Gasteiger partial charge in [-0.3, -0.25) is 4.79 Å². The molecular weight excluding hydrogens is 256 g/mol. The van der Waals surface area contributed by atoms with Gasteiger partial charge in [0.25, 0.3) is 5.91 Å². The average Bonchev–Trinajstić information content (AvgIpc) is 2.54. The molecule has 104 valence electrons. The number of urea groups is 1. The van der Waals surface area contributed by atoms with E-state index in [0.29, 0.717) is 22.8 Å². The zero-order chi connectivity index (χ0) is 15.2. The third kappa shape index (κ3) is 1.74. The maximum atomic E-state index is 12.4. The van der Waals surface area contributed by atoms with Crippen molar-refractivity contribution in [1.82, 2.24) is 9.88 Å². The van der Waals surface area contributed by atoms with E-state index in [1.165, 1.54) is 4.90 Å². The van der Waals surface area contributed by atoms with Gasteiger partial charge in [-0.15, -0.1) is 0 Å². The summed E-state index contributed by atoms with van der Waals surface area (Å²) in [5, 5.41) is 0. The van der Waals surface area contributed by atoms with E-state index >= 15 is 0 Å². The van der Waals surface area contributed by atoms with Crippen molar-refractivity contribution >= 4 is 23.4 Å². The van der Waals surface area contributed by atoms with Crippen LogP contribution in [0.25, 0.3) is 4.85 Å². The second-order valence-electron chi connectivity index (χ2n) is 5.39. The molecule has 1 aliphatic rings. The van der Waals surface area contributed by atoms with Crippen LogP contribution in [0.4, 0.5) is 16.3 Å². The summed E-state index contributed by atoms with van der Waals surface area (Å²) in [5.74, 6) is -0.00196. The summed E-state index contributed by atoms with van der Waals surface area (Å²) in [7, 11) is 1.59. The molecule has 1 saturated heterocycles. The number of imide groups is 1. The van der Waals surface area contributed by atoms with Gasteiger partial charge in [0.05, 0.1) is 6.57 Å². The van der Waals surface area contributed by atoms with Gasteiger partial charge in [0, 0.05) is 12.7 Å². The number of likely N-dealkylation sites (N-methyl/N-ethyl adjacent to an activating group) is 1. The molecule has 2 rings (SSSR count). The average molecular weight is 272 g/mol. The van der Waals surface area contributed by atoms with Crippen molar-refractivity contribution in [3.63, 3.8) is 0 Å². The molecule has 0 spiro atoms. The fourth-order valence-electron chi connectivity index (χ4n) is 2.10. The Bertz CT molecular complexity index is 658. The first-order valence-corrected chi connectivity index (χ1v) is 6.20. The highest BCUT2D eigenvalue weighted by molar-refractivity contribution is 6.22. The van der Waals surface area contributed by atoms with E-state index in [0.717, 1.165) is 4.90 Å². The molecule has 6 nitrogen and oxygen atoms in total. The van der Waals surface area contributed by atoms with E-state index in [4.69, 9.17) is 6.57 Å². The Kier molecular flexibility index (Phi) is 3.01. The number of anilines is 1. The van der Waals surface area contributed by atoms with E-state index < -0.39 is 11.6 Å². The van der Waals surface area contributed by atoms with Crippen molar-refractivity contribution in [1.29, 1.82) is 0 Å². The second kappa shape index (κ2) is 4.30. The molecule has 1 aliphatic heterocycles. The van der Waals surface area contributed by atoms with Gasteiger partial charge in [0.1, 0.15) is 11.4 Å². The highest BCUT2D eigenvalue weighted by Gasteiger charge is 2.50. The van der Waals surface area contributed by atoms with Crippen molar-refractivity contribution in [3.8, 4) is 0 Å². The summed E-state index contributed by atoms with van der Waals surface area (Å²) >= 11 is 0. The Morgan fingerprint density at radius 3 is 2.35 bits per heavy atom. The van der Waals surface area contributed by atoms with E-state index in [2.05, 4.69) is 9.83 Å². The lowest BCUT2D eigenvalue weighted by Gasteiger charge is -2.22. The largest absolute Gasteiger partial charge is 0.333 e. The zero-order valence-electron chi connectivity index (χ0n) is 12.2. The second-order valence-corrected chi connectivity index (χ2v) is 5.39. The number of rotatable bonds is 1. The molecule has 6 heteroatoms. The molecule has 0 unspecified atom stereocenters. The minimum atomic E-state index is -0.891. The van der Waals surface area contributed by atoms with Crippen molar-refractivity contribution < 1.29 is 9.59 Å². The summed E-state index contributed by atoms with van der Waals surface area (Å²) in [4.78, 5) is 34.8. The van der Waals surface area contributed by atoms with Crippen LogP contribution in [0.1, 0.15) is 25.1 Å². The molecule has 2 heterocycles. The number of hydrogen-bond acceptors (Lipinski definition) is 3. The van der Waals surface area contributed by atoms with Gasteiger partial charge in [-0.2, -0.15) is 0 Å². The predicted octanol–water partition coefficient (Wildman–Crippen LogP) is 2.43. The summed E-state index contributed by atoms with van der Waals surface area (Å²) in [6.07, 6.45) is 0. The normalized spacial score (nSPS) is 17.6. The van der Waals surface area contributed by atoms with Crippen LogP contribution in [-0.4, -0.2) is 34.4 Å². The van der Waals surface area contributed by atoms with Crippen molar-refractivity contribution in [2.75, 3.05) is 11.9 Å². The molecule has 0 bridgehead atoms. The third-order valence-corrected chi connectivity index (χ3v) is 3.73. The van der Waals surface area contributed by atoms with Gasteiger partial charge < -0.3 is 4.90 Å². The van der Waals surface area contributed by atoms with Crippen molar-refractivity contribution in [2.24, 2.45) is 0 Å². The Morgan fingerprint density at radius 1 is 1.30 bits per heavy atom. The van der Waals surface area contributed by atoms with E-state index in [9.17, 15) is 9.59 Å². The molecule has 1 aromatic rings. The van der Waals surface area contributed by atoms with Crippen molar-refractivity contribution in [3.05, 3.63) is 28.7 Å². The van der Waals surface area contributed by atoms with Crippen LogP contribution in [0.3, 0.4) is 0 Å². The predicted molar refractivity (Wildman–Crippen MR) is 74.7 cm³/mol. The molecule has 0 aliphatic carbocycles. The molecule has 0 aromatic carbocycles. The quantitative estimate of drug-likeness (QED) is 0.582. The maximum Gasteiger partial charge on any atom is 0.333 e. The third-order valence-electron chi connectivity index (χ3n) is 3.73. The Morgan fingerprint density at radius 2 is 1.90 bits per heavy atom. The smallest absolute Gasteiger partial charge is 0.313 e. The van der Waals surface area contributed by atoms with E-state index in [1.54, 1.807) is 40.8 Å². The monoisotopic (exact) mass is 272 g/mol. The first-order chi connectivity index (χ1) is 9.21. The number of nitrogens with zero attached hydrogens (tertiary/aromatic N) is 4. The highest BCUT2D eigenvalue weighted by Crippen LogP contribution is 2.33. The summed E-state index contributed by atoms with van der Waals surface area (Å²) < 4.78 is 0. The summed E-state index contributed by atoms with van der Waals surface area (Å²) in [6.45, 7) is 13.9. The maximum absolute atomic E-state index is 12.4. The minimum absolute atomic E-state index is 0.308. The molecule has 20 heavy (non-hydrogen) atoms. The van der Waals surface area contributed by atoms with Gasteiger partial charge in [-0.1, -0.05) is 0 Å². The topological polar surface area (TPSA) is 57.9 Å². The van der Waals surface area contributed by atoms with Gasteiger partial charge in [0.2, 0.25) is 5.69 Å². The first kappa shape index (κ1) is 14.0. The van der Waals surface area contributed by atoms with Crippen LogP contribution in [0.5, 0.6) is 0 Å². The van der Waals surface area contributed by atoms with Crippen LogP contribution in [0.15, 0.2) is 6.07 Å². The number of aryl methyl sites for hydroxylation is 2. The number of amides is 3. The number of aromatic nitrogens is 1. The lowest BCUT2D eigenvalue weighted by Crippen LogP contribution is -2.41. The summed E-state index contributed by atoms with van der Waals surface area (Å²) in [5.41, 5.74) is 0.679. The molecule has 3 amide bonds. The van der Waals surface area contributed by atoms with Crippen LogP contribution in [0.2, 0.25) is 0 Å². The van der Waals surface area contributed by atoms with Crippen LogP contribution < -0.4 is 4.90 Å². The van der Waals surface area contributed by atoms with Crippen LogP contribution in [-0.2, 0) is 4.79 Å². The summed E-state index contributed by atoms with van der Waals surface area (Å²) in [6, 6.07) is 1.25. The molecule has 1 fully saturated rings. The standard InChI is InChI=1S/C14H16N4O2/c1-8-7-10(15-5)9(2)16-11(8)18-12(19)14(3,4)17(6)13(18)20/h7H,1-4,6H3. The minimum Gasteiger partial charge on any atom is -0.313 e. The number of carbonyl (C=O) groups is 2. The lowest BCUT2D eigenvalue weighted by atomic mass is 10.0. The fraction of sp³-hybridized carbons (Fsp3) is 0.429. The van der Waals surface area contributed by atoms with Gasteiger partial charge in [0.15, 0.2) is 0 Å². The zero-order valence-corrected chi connectivity index (χ0v) is 12.2. The Balaban J connectivity index is 2.59. The number of hydrogen-bond donors (Lipinski definition) is 0. The van der Waals surface area contributed by atoms with Crippen molar-refractivity contribution in [2.45, 2.75) is 33.2 Å². The fourth-order valence-corrected chi connectivity index (χ4v) is 2.10. The number of carbonyl (C=O) groups excluding carboxylic acids is 2. The van der Waals surface area contributed by atoms with Gasteiger partial charge in [-0.05, 0) is 39.3 Å². The van der Waals surface area contributed by atoms with E-state index in [-0.39, 0.29) is 5.91 Å². The first-order valence-electron chi connectivity index (χ1n) is 6.20. The highest BCUT2D eigenvalue weighted by atomic mass is 16.2. The Labute approximate surface area is 117 Å². The molecule has 0 saturated carbocycles. The molecule has 1 aromatic heterocycles. The lowest BCUT2D eigenvalue weighted by molar-refractivity contribution is -0.123. The SMILES string of the molecule is [C-]#[N+]c1cc(C)c(N2C(=O)N(C)C(C)(C)C2=O)nc1C. The van der Waals surface area contributed by atoms with E-state index in [1.807, 2.05) is 0 Å². The van der Waals surface area contributed by atoms with Gasteiger partial charge >= 0.3 is 6.03 Å². The molecule has 0 N–H and O–H groups in total. The van der Waals surface area contributed by atoms with Crippen LogP contribution >= 0.6 is 0 Å². The number of pyridine rings is 1. The molecule has 0 atom stereocenters. The Hall–Kier alpha value is -2.42. The van der Waals surface area contributed by atoms with Gasteiger partial charge in [-0.25, -0.2) is 19.5 Å².